The molecule has 3 aromatic rings. The fraction of sp³-hybridized carbons (Fsp3) is 0.300. The number of thiophene rings is 1. The molecule has 1 aliphatic rings. The van der Waals surface area contributed by atoms with E-state index in [0.29, 0.717) is 29.9 Å². The van der Waals surface area contributed by atoms with Crippen LogP contribution in [0, 0.1) is 12.3 Å². The highest BCUT2D eigenvalue weighted by molar-refractivity contribution is 7.91. The number of fused-ring (bicyclic) bond motifs is 1. The quantitative estimate of drug-likeness (QED) is 0.547. The predicted molar refractivity (Wildman–Crippen MR) is 117 cm³/mol. The Morgan fingerprint density at radius 1 is 1.40 bits per heavy atom. The van der Waals surface area contributed by atoms with Gasteiger partial charge in [0, 0.05) is 6.54 Å². The van der Waals surface area contributed by atoms with Gasteiger partial charge in [0.05, 0.1) is 23.9 Å². The molecule has 0 spiro atoms. The van der Waals surface area contributed by atoms with Gasteiger partial charge in [0.15, 0.2) is 4.80 Å². The molecule has 4 rings (SSSR count). The molecule has 1 amide bonds. The summed E-state index contributed by atoms with van der Waals surface area (Å²) in [7, 11) is -2.13. The van der Waals surface area contributed by atoms with Crippen molar-refractivity contribution in [2.24, 2.45) is 4.99 Å². The first-order valence-corrected chi connectivity index (χ1v) is 12.3. The number of aromatic nitrogens is 1. The van der Waals surface area contributed by atoms with E-state index in [0.717, 1.165) is 21.6 Å². The predicted octanol–water partition coefficient (Wildman–Crippen LogP) is 2.69. The van der Waals surface area contributed by atoms with Gasteiger partial charge < -0.3 is 9.30 Å². The Morgan fingerprint density at radius 2 is 2.23 bits per heavy atom. The molecule has 3 heterocycles. The summed E-state index contributed by atoms with van der Waals surface area (Å²) in [4.78, 5) is 17.8. The molecular formula is C20H19N3O4S3. The first-order valence-electron chi connectivity index (χ1n) is 9.20. The van der Waals surface area contributed by atoms with Crippen LogP contribution >= 0.6 is 22.7 Å². The van der Waals surface area contributed by atoms with Gasteiger partial charge in [0.25, 0.3) is 15.9 Å². The molecule has 156 valence electrons. The number of thiazole rings is 1. The van der Waals surface area contributed by atoms with Crippen LogP contribution in [-0.4, -0.2) is 42.9 Å². The van der Waals surface area contributed by atoms with Crippen LogP contribution in [0.2, 0.25) is 0 Å². The smallest absolute Gasteiger partial charge is 0.266 e. The fourth-order valence-electron chi connectivity index (χ4n) is 3.48. The highest BCUT2D eigenvalue weighted by atomic mass is 32.2. The fourth-order valence-corrected chi connectivity index (χ4v) is 7.31. The number of methoxy groups -OCH3 is 1. The summed E-state index contributed by atoms with van der Waals surface area (Å²) >= 11 is 2.46. The summed E-state index contributed by atoms with van der Waals surface area (Å²) in [6, 6.07) is 7.98. The summed E-state index contributed by atoms with van der Waals surface area (Å²) in [6.45, 7) is 0.556. The number of ether oxygens (including phenoxy) is 1. The van der Waals surface area contributed by atoms with Crippen LogP contribution in [0.5, 0.6) is 5.75 Å². The lowest BCUT2D eigenvalue weighted by Gasteiger charge is -2.20. The molecule has 1 aromatic carbocycles. The second kappa shape index (κ2) is 8.35. The zero-order valence-corrected chi connectivity index (χ0v) is 18.6. The van der Waals surface area contributed by atoms with E-state index in [9.17, 15) is 13.2 Å². The van der Waals surface area contributed by atoms with E-state index in [1.807, 2.05) is 18.2 Å². The molecule has 2 aromatic heterocycles. The van der Waals surface area contributed by atoms with Crippen molar-refractivity contribution in [2.75, 3.05) is 13.7 Å². The standard InChI is InChI=1S/C20H19N3O4S3/c1-3-10-22-15-9-8-14(27-2)13-17(15)29-20(22)21-19(24)16-6-4-11-23(16)30(25,26)18-7-5-12-28-18/h1,5,7-9,12-13,16H,4,6,10-11H2,2H3. The highest BCUT2D eigenvalue weighted by Gasteiger charge is 2.39. The Morgan fingerprint density at radius 3 is 2.93 bits per heavy atom. The Bertz CT molecular complexity index is 1300. The lowest BCUT2D eigenvalue weighted by Crippen LogP contribution is -2.40. The van der Waals surface area contributed by atoms with E-state index in [-0.39, 0.29) is 10.8 Å². The SMILES string of the molecule is C#CCn1c(=NC(=O)C2CCCN2S(=O)(=O)c2cccs2)sc2cc(OC)ccc21. The minimum Gasteiger partial charge on any atom is -0.497 e. The number of benzene rings is 1. The van der Waals surface area contributed by atoms with Crippen molar-refractivity contribution < 1.29 is 17.9 Å². The summed E-state index contributed by atoms with van der Waals surface area (Å²) in [5, 5.41) is 1.71. The highest BCUT2D eigenvalue weighted by Crippen LogP contribution is 2.29. The number of nitrogens with zero attached hydrogens (tertiary/aromatic N) is 3. The zero-order chi connectivity index (χ0) is 21.3. The van der Waals surface area contributed by atoms with Crippen molar-refractivity contribution in [3.8, 4) is 18.1 Å². The molecule has 30 heavy (non-hydrogen) atoms. The molecule has 7 nitrogen and oxygen atoms in total. The number of carbonyl (C=O) groups excluding carboxylic acids is 1. The molecule has 0 bridgehead atoms. The number of terminal acetylenes is 1. The van der Waals surface area contributed by atoms with Gasteiger partial charge >= 0.3 is 0 Å². The van der Waals surface area contributed by atoms with Gasteiger partial charge in [-0.25, -0.2) is 8.42 Å². The molecule has 1 unspecified atom stereocenters. The number of carbonyl (C=O) groups is 1. The van der Waals surface area contributed by atoms with E-state index in [4.69, 9.17) is 11.2 Å². The van der Waals surface area contributed by atoms with Crippen LogP contribution in [0.15, 0.2) is 44.9 Å². The molecule has 0 saturated carbocycles. The van der Waals surface area contributed by atoms with Crippen molar-refractivity contribution in [1.29, 1.82) is 0 Å². The Balaban J connectivity index is 1.74. The third kappa shape index (κ3) is 3.70. The maximum atomic E-state index is 13.0. The van der Waals surface area contributed by atoms with Crippen molar-refractivity contribution in [2.45, 2.75) is 29.6 Å². The Hall–Kier alpha value is -2.45. The van der Waals surface area contributed by atoms with Crippen LogP contribution in [0.4, 0.5) is 0 Å². The van der Waals surface area contributed by atoms with Crippen molar-refractivity contribution in [3.05, 3.63) is 40.5 Å². The maximum Gasteiger partial charge on any atom is 0.266 e. The first kappa shape index (κ1) is 20.8. The lowest BCUT2D eigenvalue weighted by molar-refractivity contribution is -0.121. The molecule has 0 aliphatic carbocycles. The van der Waals surface area contributed by atoms with E-state index in [1.54, 1.807) is 29.2 Å². The third-order valence-corrected chi connectivity index (χ3v) is 9.21. The lowest BCUT2D eigenvalue weighted by atomic mass is 10.2. The summed E-state index contributed by atoms with van der Waals surface area (Å²) in [6.07, 6.45) is 6.58. The zero-order valence-electron chi connectivity index (χ0n) is 16.1. The average Bonchev–Trinajstić information content (AvgIpc) is 3.48. The largest absolute Gasteiger partial charge is 0.497 e. The number of rotatable bonds is 5. The minimum atomic E-state index is -3.72. The molecule has 1 saturated heterocycles. The Kier molecular flexibility index (Phi) is 5.79. The normalized spacial score (nSPS) is 18.0. The topological polar surface area (TPSA) is 81.0 Å². The van der Waals surface area contributed by atoms with Gasteiger partial charge in [-0.3, -0.25) is 4.79 Å². The van der Waals surface area contributed by atoms with E-state index in [1.165, 1.54) is 15.6 Å². The molecular weight excluding hydrogens is 442 g/mol. The van der Waals surface area contributed by atoms with E-state index < -0.39 is 22.0 Å². The molecule has 1 atom stereocenters. The number of hydrogen-bond acceptors (Lipinski definition) is 6. The van der Waals surface area contributed by atoms with Gasteiger partial charge in [-0.2, -0.15) is 9.30 Å². The van der Waals surface area contributed by atoms with Gasteiger partial charge in [-0.15, -0.1) is 17.8 Å². The average molecular weight is 462 g/mol. The van der Waals surface area contributed by atoms with Crippen molar-refractivity contribution in [1.82, 2.24) is 8.87 Å². The second-order valence-electron chi connectivity index (χ2n) is 6.66. The second-order valence-corrected chi connectivity index (χ2v) is 10.7. The van der Waals surface area contributed by atoms with Crippen molar-refractivity contribution >= 4 is 48.8 Å². The van der Waals surface area contributed by atoms with E-state index >= 15 is 0 Å². The molecule has 1 fully saturated rings. The molecule has 0 radical (unpaired) electrons. The van der Waals surface area contributed by atoms with Crippen LogP contribution < -0.4 is 9.54 Å². The summed E-state index contributed by atoms with van der Waals surface area (Å²) < 4.78 is 35.3. The number of hydrogen-bond donors (Lipinski definition) is 0. The van der Waals surface area contributed by atoms with Gasteiger partial charge in [-0.1, -0.05) is 23.3 Å². The van der Waals surface area contributed by atoms with Crippen LogP contribution in [0.25, 0.3) is 10.2 Å². The summed E-state index contributed by atoms with van der Waals surface area (Å²) in [5.74, 6) is 2.81. The molecule has 1 aliphatic heterocycles. The van der Waals surface area contributed by atoms with Crippen LogP contribution in [0.3, 0.4) is 0 Å². The third-order valence-electron chi connectivity index (χ3n) is 4.89. The molecule has 0 N–H and O–H groups in total. The van der Waals surface area contributed by atoms with Gasteiger partial charge in [-0.05, 0) is 42.5 Å². The van der Waals surface area contributed by atoms with Crippen LogP contribution in [-0.2, 0) is 21.4 Å². The van der Waals surface area contributed by atoms with Crippen LogP contribution in [0.1, 0.15) is 12.8 Å². The van der Waals surface area contributed by atoms with Crippen molar-refractivity contribution in [3.63, 3.8) is 0 Å². The minimum absolute atomic E-state index is 0.235. The number of amides is 1. The molecule has 10 heteroatoms. The van der Waals surface area contributed by atoms with E-state index in [2.05, 4.69) is 10.9 Å². The Labute approximate surface area is 182 Å². The van der Waals surface area contributed by atoms with Gasteiger partial charge in [0.1, 0.15) is 16.0 Å². The monoisotopic (exact) mass is 461 g/mol. The summed E-state index contributed by atoms with van der Waals surface area (Å²) in [5.41, 5.74) is 0.847. The number of sulfonamides is 1. The van der Waals surface area contributed by atoms with Gasteiger partial charge in [0.2, 0.25) is 0 Å². The first-order chi connectivity index (χ1) is 14.5. The maximum absolute atomic E-state index is 13.0.